The van der Waals surface area contributed by atoms with Gasteiger partial charge in [0.05, 0.1) is 16.7 Å². The molecule has 182 valence electrons. The zero-order valence-electron chi connectivity index (χ0n) is 17.5. The van der Waals surface area contributed by atoms with Gasteiger partial charge in [-0.05, 0) is 32.1 Å². The van der Waals surface area contributed by atoms with E-state index in [9.17, 15) is 24.5 Å². The Bertz CT molecular complexity index is 1310. The molecule has 0 spiro atoms. The predicted molar refractivity (Wildman–Crippen MR) is 121 cm³/mol. The highest BCUT2D eigenvalue weighted by atomic mass is 35.5. The number of benzene rings is 2. The molecule has 2 unspecified atom stereocenters. The van der Waals surface area contributed by atoms with Gasteiger partial charge in [0.25, 0.3) is 5.09 Å². The average molecular weight is 517 g/mol. The maximum absolute atomic E-state index is 14.0. The van der Waals surface area contributed by atoms with Crippen molar-refractivity contribution in [3.63, 3.8) is 0 Å². The normalized spacial score (nSPS) is 18.0. The lowest BCUT2D eigenvalue weighted by atomic mass is 9.89. The van der Waals surface area contributed by atoms with Crippen LogP contribution >= 0.6 is 23.2 Å². The van der Waals surface area contributed by atoms with Crippen molar-refractivity contribution in [1.82, 2.24) is 4.90 Å². The van der Waals surface area contributed by atoms with Gasteiger partial charge in [-0.3, -0.25) is 4.79 Å². The van der Waals surface area contributed by atoms with Crippen molar-refractivity contribution < 1.29 is 34.4 Å². The van der Waals surface area contributed by atoms with E-state index in [0.29, 0.717) is 18.5 Å². The molecule has 0 aliphatic carbocycles. The molecule has 1 aromatic heterocycles. The van der Waals surface area contributed by atoms with Crippen LogP contribution in [0.5, 0.6) is 11.5 Å². The lowest BCUT2D eigenvalue weighted by Crippen LogP contribution is -2.32. The predicted octanol–water partition coefficient (Wildman–Crippen LogP) is 3.75. The molecular weight excluding hydrogens is 498 g/mol. The summed E-state index contributed by atoms with van der Waals surface area (Å²) < 4.78 is 20.0. The van der Waals surface area contributed by atoms with E-state index in [4.69, 9.17) is 42.9 Å². The van der Waals surface area contributed by atoms with E-state index in [-0.39, 0.29) is 56.7 Å². The molecule has 1 saturated heterocycles. The molecule has 4 N–H and O–H groups in total. The lowest BCUT2D eigenvalue weighted by Gasteiger charge is -2.24. The number of aliphatic hydroxyl groups is 1. The summed E-state index contributed by atoms with van der Waals surface area (Å²) in [4.78, 5) is 23.1. The minimum absolute atomic E-state index is 0.0276. The van der Waals surface area contributed by atoms with E-state index in [1.165, 1.54) is 6.07 Å². The Labute approximate surface area is 201 Å². The number of nitrogens with zero attached hydrogens (tertiary/aromatic N) is 2. The number of likely N-dealkylation sites (tertiary alicyclic amines) is 1. The van der Waals surface area contributed by atoms with E-state index in [1.54, 1.807) is 0 Å². The van der Waals surface area contributed by atoms with Crippen LogP contribution in [0.4, 0.5) is 4.39 Å². The van der Waals surface area contributed by atoms with Gasteiger partial charge in [0.2, 0.25) is 0 Å². The van der Waals surface area contributed by atoms with Crippen molar-refractivity contribution in [2.24, 2.45) is 0 Å². The molecule has 0 saturated carbocycles. The molecule has 1 aliphatic rings. The Kier molecular flexibility index (Phi) is 7.51. The first-order chi connectivity index (χ1) is 16.0. The standard InChI is InChI=1S/C21H18Cl2FNO5.HNO3/c1-25-3-2-9(14(25)8-26)19-15(27)6-16(28)20-17(29)7-18(30-21(19)20)10-4-13(24)12(23)5-11(10)22;2-1(3)4/h4-7,9,14,26-28H,2-3,8H2,1H3;(H,2,3,4). The van der Waals surface area contributed by atoms with Crippen molar-refractivity contribution in [1.29, 1.82) is 0 Å². The number of phenols is 2. The van der Waals surface area contributed by atoms with Crippen molar-refractivity contribution in [3.8, 4) is 22.8 Å². The Morgan fingerprint density at radius 3 is 2.47 bits per heavy atom. The first-order valence-electron chi connectivity index (χ1n) is 9.78. The molecule has 4 rings (SSSR count). The van der Waals surface area contributed by atoms with Crippen LogP contribution in [0.2, 0.25) is 10.0 Å². The second kappa shape index (κ2) is 10.0. The molecule has 0 bridgehead atoms. The topological polar surface area (TPSA) is 158 Å². The van der Waals surface area contributed by atoms with Gasteiger partial charge < -0.3 is 29.8 Å². The fourth-order valence-corrected chi connectivity index (χ4v) is 4.61. The Morgan fingerprint density at radius 1 is 1.21 bits per heavy atom. The van der Waals surface area contributed by atoms with Crippen LogP contribution in [0.3, 0.4) is 0 Å². The number of aliphatic hydroxyl groups excluding tert-OH is 1. The SMILES string of the molecule is CN1CCC(c2c(O)cc(O)c3c(=O)cc(-c4cc(F)c(Cl)cc4Cl)oc23)C1CO.O=[N+]([O-])O. The third kappa shape index (κ3) is 4.87. The fraction of sp³-hybridized carbons (Fsp3) is 0.286. The second-order valence-corrected chi connectivity index (χ2v) is 8.43. The Hall–Kier alpha value is -3.12. The lowest BCUT2D eigenvalue weighted by molar-refractivity contribution is -0.742. The van der Waals surface area contributed by atoms with Crippen molar-refractivity contribution in [3.05, 3.63) is 66.0 Å². The molecular formula is C21H19Cl2FN2O8. The molecule has 0 amide bonds. The number of hydrogen-bond acceptors (Lipinski definition) is 8. The summed E-state index contributed by atoms with van der Waals surface area (Å²) in [6.45, 7) is 0.497. The van der Waals surface area contributed by atoms with E-state index in [1.807, 2.05) is 11.9 Å². The van der Waals surface area contributed by atoms with E-state index in [2.05, 4.69) is 0 Å². The number of halogens is 3. The quantitative estimate of drug-likeness (QED) is 0.231. The number of rotatable bonds is 3. The third-order valence-electron chi connectivity index (χ3n) is 5.65. The molecule has 1 fully saturated rings. The van der Waals surface area contributed by atoms with Crippen LogP contribution in [-0.2, 0) is 0 Å². The van der Waals surface area contributed by atoms with Gasteiger partial charge in [0.15, 0.2) is 5.43 Å². The monoisotopic (exact) mass is 516 g/mol. The van der Waals surface area contributed by atoms with E-state index < -0.39 is 22.1 Å². The van der Waals surface area contributed by atoms with Gasteiger partial charge >= 0.3 is 0 Å². The van der Waals surface area contributed by atoms with Gasteiger partial charge in [-0.2, -0.15) is 0 Å². The van der Waals surface area contributed by atoms with Crippen molar-refractivity contribution in [2.45, 2.75) is 18.4 Å². The number of hydrogen-bond donors (Lipinski definition) is 4. The summed E-state index contributed by atoms with van der Waals surface area (Å²) >= 11 is 11.9. The minimum Gasteiger partial charge on any atom is -0.507 e. The number of aromatic hydroxyl groups is 2. The van der Waals surface area contributed by atoms with Gasteiger partial charge in [-0.1, -0.05) is 23.2 Å². The molecule has 0 radical (unpaired) electrons. The Balaban J connectivity index is 0.000000751. The van der Waals surface area contributed by atoms with Gasteiger partial charge in [-0.15, -0.1) is 10.1 Å². The molecule has 2 heterocycles. The van der Waals surface area contributed by atoms with Crippen molar-refractivity contribution >= 4 is 34.2 Å². The fourth-order valence-electron chi connectivity index (χ4n) is 4.14. The molecule has 2 atom stereocenters. The summed E-state index contributed by atoms with van der Waals surface area (Å²) in [7, 11) is 1.85. The molecule has 2 aromatic carbocycles. The zero-order chi connectivity index (χ0) is 25.3. The molecule has 10 nitrogen and oxygen atoms in total. The van der Waals surface area contributed by atoms with Crippen LogP contribution < -0.4 is 5.43 Å². The van der Waals surface area contributed by atoms with Gasteiger partial charge in [0.1, 0.15) is 34.0 Å². The molecule has 13 heteroatoms. The smallest absolute Gasteiger partial charge is 0.291 e. The highest BCUT2D eigenvalue weighted by Crippen LogP contribution is 2.44. The highest BCUT2D eigenvalue weighted by molar-refractivity contribution is 6.36. The highest BCUT2D eigenvalue weighted by Gasteiger charge is 2.36. The zero-order valence-corrected chi connectivity index (χ0v) is 19.0. The Morgan fingerprint density at radius 2 is 1.85 bits per heavy atom. The summed E-state index contributed by atoms with van der Waals surface area (Å²) in [5.41, 5.74) is -0.201. The minimum atomic E-state index is -1.50. The van der Waals surface area contributed by atoms with Crippen LogP contribution in [0.15, 0.2) is 33.5 Å². The summed E-state index contributed by atoms with van der Waals surface area (Å²) in [5.74, 6) is -1.82. The molecule has 1 aliphatic heterocycles. The summed E-state index contributed by atoms with van der Waals surface area (Å²) in [5, 5.41) is 44.2. The maximum Gasteiger partial charge on any atom is 0.291 e. The maximum atomic E-state index is 14.0. The second-order valence-electron chi connectivity index (χ2n) is 7.62. The van der Waals surface area contributed by atoms with E-state index >= 15 is 0 Å². The molecule has 3 aromatic rings. The summed E-state index contributed by atoms with van der Waals surface area (Å²) in [6.07, 6.45) is 0.597. The van der Waals surface area contributed by atoms with Crippen molar-refractivity contribution in [2.75, 3.05) is 20.2 Å². The van der Waals surface area contributed by atoms with Gasteiger partial charge in [0, 0.05) is 35.2 Å². The number of fused-ring (bicyclic) bond motifs is 1. The van der Waals surface area contributed by atoms with Crippen LogP contribution in [-0.4, -0.2) is 56.8 Å². The first kappa shape index (κ1) is 25.5. The largest absolute Gasteiger partial charge is 0.507 e. The first-order valence-corrected chi connectivity index (χ1v) is 10.5. The van der Waals surface area contributed by atoms with E-state index in [0.717, 1.165) is 18.2 Å². The third-order valence-corrected chi connectivity index (χ3v) is 6.26. The van der Waals surface area contributed by atoms with Crippen LogP contribution in [0, 0.1) is 15.9 Å². The molecule has 34 heavy (non-hydrogen) atoms. The number of phenolic OH excluding ortho intramolecular Hbond substituents is 2. The average Bonchev–Trinajstić information content (AvgIpc) is 3.09. The summed E-state index contributed by atoms with van der Waals surface area (Å²) in [6, 6.07) is 4.13. The van der Waals surface area contributed by atoms with Crippen LogP contribution in [0.1, 0.15) is 17.9 Å². The van der Waals surface area contributed by atoms with Crippen LogP contribution in [0.25, 0.3) is 22.3 Å². The van der Waals surface area contributed by atoms with Gasteiger partial charge in [-0.25, -0.2) is 4.39 Å². The number of likely N-dealkylation sites (N-methyl/N-ethyl adjacent to an activating group) is 1.